The molecular weight excluding hydrogens is 264 g/mol. The first-order valence-corrected chi connectivity index (χ1v) is 6.81. The Hall–Kier alpha value is -2.49. The second-order valence-corrected chi connectivity index (χ2v) is 5.10. The number of aryl methyl sites for hydroxylation is 2. The first kappa shape index (κ1) is 13.5. The fourth-order valence-electron chi connectivity index (χ4n) is 2.69. The van der Waals surface area contributed by atoms with Crippen molar-refractivity contribution < 1.29 is 9.47 Å². The normalized spacial score (nSPS) is 10.9. The van der Waals surface area contributed by atoms with Gasteiger partial charge in [0.15, 0.2) is 11.4 Å². The molecule has 0 atom stereocenters. The van der Waals surface area contributed by atoms with Crippen LogP contribution < -0.4 is 9.47 Å². The Morgan fingerprint density at radius 2 is 1.90 bits per heavy atom. The number of benzene rings is 1. The highest BCUT2D eigenvalue weighted by Crippen LogP contribution is 2.34. The molecule has 3 aromatic rings. The fourth-order valence-corrected chi connectivity index (χ4v) is 2.69. The van der Waals surface area contributed by atoms with Crippen molar-refractivity contribution in [2.45, 2.75) is 13.8 Å². The molecule has 0 unspecified atom stereocenters. The van der Waals surface area contributed by atoms with Gasteiger partial charge in [0.05, 0.1) is 19.9 Å². The maximum Gasteiger partial charge on any atom is 0.180 e. The zero-order valence-corrected chi connectivity index (χ0v) is 12.7. The average Bonchev–Trinajstić information content (AvgIpc) is 2.90. The molecule has 0 radical (unpaired) electrons. The summed E-state index contributed by atoms with van der Waals surface area (Å²) in [5, 5.41) is 0. The van der Waals surface area contributed by atoms with Crippen molar-refractivity contribution in [3.05, 3.63) is 47.8 Å². The Labute approximate surface area is 124 Å². The number of fused-ring (bicyclic) bond motifs is 1. The van der Waals surface area contributed by atoms with Crippen molar-refractivity contribution in [3.8, 4) is 22.8 Å². The van der Waals surface area contributed by atoms with Gasteiger partial charge in [-0.2, -0.15) is 0 Å². The third-order valence-corrected chi connectivity index (χ3v) is 3.57. The summed E-state index contributed by atoms with van der Waals surface area (Å²) in [7, 11) is 3.35. The van der Waals surface area contributed by atoms with Crippen LogP contribution in [0.1, 0.15) is 11.1 Å². The number of pyridine rings is 1. The van der Waals surface area contributed by atoms with Crippen LogP contribution in [0.3, 0.4) is 0 Å². The van der Waals surface area contributed by atoms with E-state index in [2.05, 4.69) is 19.1 Å². The quantitative estimate of drug-likeness (QED) is 0.736. The maximum atomic E-state index is 5.56. The van der Waals surface area contributed by atoms with Crippen LogP contribution in [0.2, 0.25) is 0 Å². The minimum atomic E-state index is 0.757. The van der Waals surface area contributed by atoms with Crippen molar-refractivity contribution in [2.75, 3.05) is 14.2 Å². The monoisotopic (exact) mass is 282 g/mol. The minimum absolute atomic E-state index is 0.757. The molecule has 2 heterocycles. The van der Waals surface area contributed by atoms with Crippen molar-refractivity contribution in [3.63, 3.8) is 0 Å². The van der Waals surface area contributed by atoms with E-state index in [-0.39, 0.29) is 0 Å². The van der Waals surface area contributed by atoms with Gasteiger partial charge in [0.1, 0.15) is 5.75 Å². The zero-order valence-electron chi connectivity index (χ0n) is 12.7. The number of hydrogen-bond acceptors (Lipinski definition) is 3. The summed E-state index contributed by atoms with van der Waals surface area (Å²) in [6.07, 6.45) is 3.96. The van der Waals surface area contributed by atoms with Gasteiger partial charge < -0.3 is 13.9 Å². The number of aromatic nitrogens is 2. The molecule has 0 aliphatic rings. The Kier molecular flexibility index (Phi) is 3.29. The summed E-state index contributed by atoms with van der Waals surface area (Å²) in [5.41, 5.74) is 4.98. The molecule has 21 heavy (non-hydrogen) atoms. The lowest BCUT2D eigenvalue weighted by Crippen LogP contribution is -1.93. The van der Waals surface area contributed by atoms with Crippen LogP contribution in [0, 0.1) is 13.8 Å². The maximum absolute atomic E-state index is 5.56. The molecule has 2 aromatic heterocycles. The predicted molar refractivity (Wildman–Crippen MR) is 83.2 cm³/mol. The summed E-state index contributed by atoms with van der Waals surface area (Å²) in [6, 6.07) is 8.06. The number of methoxy groups -OCH3 is 2. The first-order valence-electron chi connectivity index (χ1n) is 6.81. The summed E-state index contributed by atoms with van der Waals surface area (Å²) < 4.78 is 12.9. The van der Waals surface area contributed by atoms with Gasteiger partial charge in [0, 0.05) is 18.0 Å². The molecule has 0 fully saturated rings. The fraction of sp³-hybridized carbons (Fsp3) is 0.235. The number of ether oxygens (including phenoxy) is 2. The second-order valence-electron chi connectivity index (χ2n) is 5.10. The summed E-state index contributed by atoms with van der Waals surface area (Å²) in [5.74, 6) is 1.62. The average molecular weight is 282 g/mol. The van der Waals surface area contributed by atoms with E-state index in [1.165, 1.54) is 5.56 Å². The lowest BCUT2D eigenvalue weighted by atomic mass is 10.0. The van der Waals surface area contributed by atoms with Gasteiger partial charge in [-0.3, -0.25) is 0 Å². The lowest BCUT2D eigenvalue weighted by Gasteiger charge is -2.10. The van der Waals surface area contributed by atoms with Gasteiger partial charge in [0.25, 0.3) is 0 Å². The Bertz CT molecular complexity index is 806. The second kappa shape index (κ2) is 5.13. The Balaban J connectivity index is 2.26. The molecule has 0 saturated heterocycles. The molecule has 3 rings (SSSR count). The van der Waals surface area contributed by atoms with Crippen LogP contribution in [-0.2, 0) is 0 Å². The number of hydrogen-bond donors (Lipinski definition) is 0. The van der Waals surface area contributed by atoms with Crippen LogP contribution in [0.5, 0.6) is 11.5 Å². The van der Waals surface area contributed by atoms with Gasteiger partial charge in [0.2, 0.25) is 0 Å². The molecule has 0 aliphatic heterocycles. The molecular formula is C17H18N2O2. The first-order chi connectivity index (χ1) is 10.1. The molecule has 108 valence electrons. The standard InChI is InChI=1S/C17H18N2O2/c1-11-8-12(2)16(21-4)13(9-11)14-10-19-7-5-6-15(20-3)17(19)18-14/h5-10H,1-4H3. The molecule has 0 spiro atoms. The van der Waals surface area contributed by atoms with E-state index in [1.54, 1.807) is 14.2 Å². The van der Waals surface area contributed by atoms with Gasteiger partial charge >= 0.3 is 0 Å². The van der Waals surface area contributed by atoms with Crippen molar-refractivity contribution >= 4 is 5.65 Å². The van der Waals surface area contributed by atoms with Gasteiger partial charge in [-0.1, -0.05) is 6.07 Å². The van der Waals surface area contributed by atoms with Crippen LogP contribution in [0.4, 0.5) is 0 Å². The lowest BCUT2D eigenvalue weighted by molar-refractivity contribution is 0.413. The molecule has 0 bridgehead atoms. The summed E-state index contributed by atoms with van der Waals surface area (Å²) in [4.78, 5) is 4.70. The van der Waals surface area contributed by atoms with E-state index < -0.39 is 0 Å². The summed E-state index contributed by atoms with van der Waals surface area (Å²) >= 11 is 0. The highest BCUT2D eigenvalue weighted by molar-refractivity contribution is 5.73. The minimum Gasteiger partial charge on any atom is -0.496 e. The van der Waals surface area contributed by atoms with Crippen LogP contribution in [0.25, 0.3) is 16.9 Å². The Morgan fingerprint density at radius 3 is 2.62 bits per heavy atom. The molecule has 4 nitrogen and oxygen atoms in total. The van der Waals surface area contributed by atoms with Crippen molar-refractivity contribution in [1.29, 1.82) is 0 Å². The van der Waals surface area contributed by atoms with Gasteiger partial charge in [-0.25, -0.2) is 4.98 Å². The third kappa shape index (κ3) is 2.23. The molecule has 0 saturated carbocycles. The molecule has 0 amide bonds. The molecule has 0 N–H and O–H groups in total. The van der Waals surface area contributed by atoms with E-state index in [0.29, 0.717) is 0 Å². The van der Waals surface area contributed by atoms with Crippen molar-refractivity contribution in [1.82, 2.24) is 9.38 Å². The smallest absolute Gasteiger partial charge is 0.180 e. The summed E-state index contributed by atoms with van der Waals surface area (Å²) in [6.45, 7) is 4.12. The van der Waals surface area contributed by atoms with Crippen LogP contribution in [0.15, 0.2) is 36.7 Å². The van der Waals surface area contributed by atoms with Gasteiger partial charge in [-0.15, -0.1) is 0 Å². The molecule has 1 aromatic carbocycles. The van der Waals surface area contributed by atoms with E-state index in [1.807, 2.05) is 35.9 Å². The largest absolute Gasteiger partial charge is 0.496 e. The predicted octanol–water partition coefficient (Wildman–Crippen LogP) is 3.64. The third-order valence-electron chi connectivity index (χ3n) is 3.57. The van der Waals surface area contributed by atoms with Crippen molar-refractivity contribution in [2.24, 2.45) is 0 Å². The van der Waals surface area contributed by atoms with Gasteiger partial charge in [-0.05, 0) is 43.2 Å². The van der Waals surface area contributed by atoms with E-state index >= 15 is 0 Å². The van der Waals surface area contributed by atoms with Crippen LogP contribution in [-0.4, -0.2) is 23.6 Å². The molecule has 4 heteroatoms. The van der Waals surface area contributed by atoms with Crippen LogP contribution >= 0.6 is 0 Å². The highest BCUT2D eigenvalue weighted by Gasteiger charge is 2.14. The Morgan fingerprint density at radius 1 is 1.10 bits per heavy atom. The molecule has 0 aliphatic carbocycles. The zero-order chi connectivity index (χ0) is 15.0. The topological polar surface area (TPSA) is 35.8 Å². The van der Waals surface area contributed by atoms with E-state index in [4.69, 9.17) is 14.5 Å². The SMILES string of the molecule is COc1c(C)cc(C)cc1-c1cn2cccc(OC)c2n1. The van der Waals surface area contributed by atoms with E-state index in [0.717, 1.165) is 34.0 Å². The number of rotatable bonds is 3. The highest BCUT2D eigenvalue weighted by atomic mass is 16.5. The number of nitrogens with zero attached hydrogens (tertiary/aromatic N) is 2. The van der Waals surface area contributed by atoms with E-state index in [9.17, 15) is 0 Å². The number of imidazole rings is 1.